The fourth-order valence-electron chi connectivity index (χ4n) is 3.32. The van der Waals surface area contributed by atoms with Crippen LogP contribution in [0.2, 0.25) is 5.02 Å². The summed E-state index contributed by atoms with van der Waals surface area (Å²) in [5, 5.41) is 5.30. The summed E-state index contributed by atoms with van der Waals surface area (Å²) in [6.07, 6.45) is 3.96. The van der Waals surface area contributed by atoms with E-state index in [0.717, 1.165) is 49.6 Å². The van der Waals surface area contributed by atoms with E-state index in [2.05, 4.69) is 12.0 Å². The third-order valence-electron chi connectivity index (χ3n) is 4.55. The summed E-state index contributed by atoms with van der Waals surface area (Å²) in [7, 11) is 0. The molecule has 1 aromatic heterocycles. The second kappa shape index (κ2) is 7.64. The largest absolute Gasteiger partial charge is 0.377 e. The molecule has 3 atom stereocenters. The number of aromatic nitrogens is 3. The SMILES string of the molecule is CCCO[C@@H]1C[C@@H](c2nc(C)nn2-c2ccc(Cl)cc2)CC[C@H]1N. The Morgan fingerprint density at radius 1 is 1.29 bits per heavy atom. The van der Waals surface area contributed by atoms with Crippen molar-refractivity contribution in [3.8, 4) is 5.69 Å². The number of ether oxygens (including phenoxy) is 1. The van der Waals surface area contributed by atoms with Crippen LogP contribution in [0.3, 0.4) is 0 Å². The molecule has 24 heavy (non-hydrogen) atoms. The summed E-state index contributed by atoms with van der Waals surface area (Å²) in [4.78, 5) is 4.70. The van der Waals surface area contributed by atoms with Gasteiger partial charge in [0.1, 0.15) is 11.6 Å². The molecule has 2 aromatic rings. The van der Waals surface area contributed by atoms with Crippen LogP contribution in [0.25, 0.3) is 5.69 Å². The van der Waals surface area contributed by atoms with Gasteiger partial charge < -0.3 is 10.5 Å². The van der Waals surface area contributed by atoms with Crippen LogP contribution in [0.4, 0.5) is 0 Å². The van der Waals surface area contributed by atoms with Gasteiger partial charge in [0.05, 0.1) is 11.8 Å². The minimum absolute atomic E-state index is 0.0966. The van der Waals surface area contributed by atoms with E-state index in [1.165, 1.54) is 0 Å². The predicted molar refractivity (Wildman–Crippen MR) is 95.7 cm³/mol. The van der Waals surface area contributed by atoms with Gasteiger partial charge in [0.2, 0.25) is 0 Å². The molecule has 0 unspecified atom stereocenters. The fraction of sp³-hybridized carbons (Fsp3) is 0.556. The predicted octanol–water partition coefficient (Wildman–Crippen LogP) is 3.62. The first-order valence-electron chi connectivity index (χ1n) is 8.65. The smallest absolute Gasteiger partial charge is 0.148 e. The first-order chi connectivity index (χ1) is 11.6. The van der Waals surface area contributed by atoms with Crippen molar-refractivity contribution >= 4 is 11.6 Å². The average Bonchev–Trinajstić information content (AvgIpc) is 2.96. The summed E-state index contributed by atoms with van der Waals surface area (Å²) in [5.41, 5.74) is 7.23. The van der Waals surface area contributed by atoms with Gasteiger partial charge in [0, 0.05) is 23.6 Å². The van der Waals surface area contributed by atoms with E-state index >= 15 is 0 Å². The minimum Gasteiger partial charge on any atom is -0.377 e. The number of nitrogens with two attached hydrogens (primary N) is 1. The Morgan fingerprint density at radius 2 is 2.04 bits per heavy atom. The molecule has 0 saturated heterocycles. The molecule has 0 bridgehead atoms. The van der Waals surface area contributed by atoms with Crippen molar-refractivity contribution in [1.82, 2.24) is 14.8 Å². The van der Waals surface area contributed by atoms with Crippen LogP contribution in [0.1, 0.15) is 50.2 Å². The first-order valence-corrected chi connectivity index (χ1v) is 9.03. The maximum Gasteiger partial charge on any atom is 0.148 e. The molecule has 130 valence electrons. The van der Waals surface area contributed by atoms with Crippen LogP contribution < -0.4 is 5.73 Å². The van der Waals surface area contributed by atoms with Gasteiger partial charge in [0.15, 0.2) is 0 Å². The number of aryl methyl sites for hydroxylation is 1. The van der Waals surface area contributed by atoms with Crippen molar-refractivity contribution in [1.29, 1.82) is 0 Å². The van der Waals surface area contributed by atoms with Gasteiger partial charge in [-0.05, 0) is 56.9 Å². The van der Waals surface area contributed by atoms with E-state index in [9.17, 15) is 0 Å². The quantitative estimate of drug-likeness (QED) is 0.896. The maximum absolute atomic E-state index is 6.25. The van der Waals surface area contributed by atoms with Crippen LogP contribution in [-0.2, 0) is 4.74 Å². The summed E-state index contributed by atoms with van der Waals surface area (Å²) in [5.74, 6) is 2.08. The van der Waals surface area contributed by atoms with Crippen molar-refractivity contribution < 1.29 is 4.74 Å². The number of halogens is 1. The van der Waals surface area contributed by atoms with Crippen LogP contribution in [0, 0.1) is 6.92 Å². The van der Waals surface area contributed by atoms with Gasteiger partial charge in [-0.1, -0.05) is 18.5 Å². The van der Waals surface area contributed by atoms with Crippen LogP contribution in [0.5, 0.6) is 0 Å². The van der Waals surface area contributed by atoms with Gasteiger partial charge in [-0.15, -0.1) is 0 Å². The van der Waals surface area contributed by atoms with Crippen molar-refractivity contribution in [2.75, 3.05) is 6.61 Å². The Balaban J connectivity index is 1.85. The molecule has 0 spiro atoms. The molecule has 2 N–H and O–H groups in total. The topological polar surface area (TPSA) is 66.0 Å². The normalized spacial score (nSPS) is 24.2. The first kappa shape index (κ1) is 17.4. The molecule has 3 rings (SSSR count). The molecule has 1 aliphatic carbocycles. The Morgan fingerprint density at radius 3 is 2.75 bits per heavy atom. The highest BCUT2D eigenvalue weighted by Gasteiger charge is 2.32. The fourth-order valence-corrected chi connectivity index (χ4v) is 3.44. The number of hydrogen-bond acceptors (Lipinski definition) is 4. The van der Waals surface area contributed by atoms with Gasteiger partial charge in [0.25, 0.3) is 0 Å². The van der Waals surface area contributed by atoms with Gasteiger partial charge in [-0.2, -0.15) is 5.10 Å². The lowest BCUT2D eigenvalue weighted by molar-refractivity contribution is 0.00883. The molecule has 0 amide bonds. The Bertz CT molecular complexity index is 670. The zero-order valence-corrected chi connectivity index (χ0v) is 15.0. The summed E-state index contributed by atoms with van der Waals surface area (Å²) >= 11 is 6.00. The molecule has 0 aliphatic heterocycles. The molecule has 1 aliphatic rings. The van der Waals surface area contributed by atoms with E-state index < -0.39 is 0 Å². The van der Waals surface area contributed by atoms with Crippen LogP contribution >= 0.6 is 11.6 Å². The van der Waals surface area contributed by atoms with Crippen molar-refractivity contribution in [3.63, 3.8) is 0 Å². The van der Waals surface area contributed by atoms with Crippen molar-refractivity contribution in [2.45, 2.75) is 57.6 Å². The summed E-state index contributed by atoms with van der Waals surface area (Å²) < 4.78 is 7.90. The Labute approximate surface area is 148 Å². The standard InChI is InChI=1S/C18H25ClN4O/c1-3-10-24-17-11-13(4-9-16(17)20)18-21-12(2)22-23(18)15-7-5-14(19)6-8-15/h5-8,13,16-17H,3-4,9-11,20H2,1-2H3/t13-,16+,17+/m0/s1. The third-order valence-corrected chi connectivity index (χ3v) is 4.81. The van der Waals surface area contributed by atoms with Gasteiger partial charge >= 0.3 is 0 Å². The maximum atomic E-state index is 6.25. The zero-order chi connectivity index (χ0) is 17.1. The number of rotatable bonds is 5. The molecular formula is C18H25ClN4O. The lowest BCUT2D eigenvalue weighted by Crippen LogP contribution is -2.42. The van der Waals surface area contributed by atoms with Gasteiger partial charge in [-0.3, -0.25) is 0 Å². The number of nitrogens with zero attached hydrogens (tertiary/aromatic N) is 3. The van der Waals surface area contributed by atoms with Crippen LogP contribution in [0.15, 0.2) is 24.3 Å². The highest BCUT2D eigenvalue weighted by Crippen LogP contribution is 2.34. The summed E-state index contributed by atoms with van der Waals surface area (Å²) in [6, 6.07) is 7.81. The lowest BCUT2D eigenvalue weighted by atomic mass is 9.83. The molecule has 1 aromatic carbocycles. The Hall–Kier alpha value is -1.43. The molecule has 1 heterocycles. The molecule has 0 radical (unpaired) electrons. The Kier molecular flexibility index (Phi) is 5.54. The van der Waals surface area contributed by atoms with Crippen molar-refractivity contribution in [2.24, 2.45) is 5.73 Å². The third kappa shape index (κ3) is 3.79. The average molecular weight is 349 g/mol. The molecule has 1 saturated carbocycles. The van der Waals surface area contributed by atoms with E-state index in [0.29, 0.717) is 10.9 Å². The molecular weight excluding hydrogens is 324 g/mol. The molecule has 6 heteroatoms. The van der Waals surface area contributed by atoms with Crippen LogP contribution in [-0.4, -0.2) is 33.5 Å². The monoisotopic (exact) mass is 348 g/mol. The van der Waals surface area contributed by atoms with Crippen molar-refractivity contribution in [3.05, 3.63) is 40.9 Å². The van der Waals surface area contributed by atoms with Gasteiger partial charge in [-0.25, -0.2) is 9.67 Å². The molecule has 1 fully saturated rings. The summed E-state index contributed by atoms with van der Waals surface area (Å²) in [6.45, 7) is 4.80. The second-order valence-electron chi connectivity index (χ2n) is 6.49. The highest BCUT2D eigenvalue weighted by molar-refractivity contribution is 6.30. The van der Waals surface area contributed by atoms with E-state index in [-0.39, 0.29) is 12.1 Å². The zero-order valence-electron chi connectivity index (χ0n) is 14.3. The molecule has 5 nitrogen and oxygen atoms in total. The second-order valence-corrected chi connectivity index (χ2v) is 6.92. The van der Waals surface area contributed by atoms with E-state index in [1.54, 1.807) is 0 Å². The van der Waals surface area contributed by atoms with E-state index in [4.69, 9.17) is 27.1 Å². The number of hydrogen-bond donors (Lipinski definition) is 1. The van der Waals surface area contributed by atoms with E-state index in [1.807, 2.05) is 35.9 Å². The highest BCUT2D eigenvalue weighted by atomic mass is 35.5. The lowest BCUT2D eigenvalue weighted by Gasteiger charge is -2.33. The minimum atomic E-state index is 0.0966. The number of benzene rings is 1.